The van der Waals surface area contributed by atoms with Gasteiger partial charge in [0.15, 0.2) is 0 Å². The van der Waals surface area contributed by atoms with Gasteiger partial charge in [-0.05, 0) is 23.8 Å². The monoisotopic (exact) mass is 278 g/mol. The van der Waals surface area contributed by atoms with Crippen molar-refractivity contribution in [3.8, 4) is 16.9 Å². The Balaban J connectivity index is 2.33. The minimum atomic E-state index is -0.507. The smallest absolute Gasteiger partial charge is 0.252 e. The number of aromatic nitrogens is 1. The van der Waals surface area contributed by atoms with Crippen molar-refractivity contribution in [2.24, 2.45) is 5.73 Å². The van der Waals surface area contributed by atoms with Gasteiger partial charge < -0.3 is 10.5 Å². The van der Waals surface area contributed by atoms with E-state index in [1.54, 1.807) is 18.3 Å². The van der Waals surface area contributed by atoms with Crippen LogP contribution in [0.25, 0.3) is 22.0 Å². The van der Waals surface area contributed by atoms with E-state index in [1.165, 1.54) is 7.11 Å². The van der Waals surface area contributed by atoms with E-state index in [4.69, 9.17) is 10.5 Å². The molecule has 0 saturated heterocycles. The molecular formula is C17H14N2O2. The normalized spacial score (nSPS) is 10.5. The van der Waals surface area contributed by atoms with Gasteiger partial charge in [-0.1, -0.05) is 30.3 Å². The Kier molecular flexibility index (Phi) is 3.28. The highest BCUT2D eigenvalue weighted by molar-refractivity contribution is 6.01. The maximum absolute atomic E-state index is 11.6. The molecule has 0 unspecified atom stereocenters. The van der Waals surface area contributed by atoms with Crippen LogP contribution in [-0.2, 0) is 0 Å². The summed E-state index contributed by atoms with van der Waals surface area (Å²) in [6, 6.07) is 15.1. The first kappa shape index (κ1) is 13.1. The van der Waals surface area contributed by atoms with Crippen molar-refractivity contribution in [1.82, 2.24) is 4.98 Å². The van der Waals surface area contributed by atoms with E-state index in [1.807, 2.05) is 36.4 Å². The summed E-state index contributed by atoms with van der Waals surface area (Å²) in [6.07, 6.45) is 1.74. The molecule has 2 aromatic carbocycles. The maximum atomic E-state index is 11.6. The molecule has 0 radical (unpaired) electrons. The first-order valence-corrected chi connectivity index (χ1v) is 6.53. The second-order valence-corrected chi connectivity index (χ2v) is 4.63. The van der Waals surface area contributed by atoms with Crippen molar-refractivity contribution in [3.05, 3.63) is 60.3 Å². The van der Waals surface area contributed by atoms with Crippen molar-refractivity contribution in [3.63, 3.8) is 0 Å². The molecule has 0 aliphatic heterocycles. The average molecular weight is 278 g/mol. The van der Waals surface area contributed by atoms with Gasteiger partial charge in [0, 0.05) is 17.1 Å². The third-order valence-electron chi connectivity index (χ3n) is 3.42. The summed E-state index contributed by atoms with van der Waals surface area (Å²) in [5.41, 5.74) is 8.47. The third-order valence-corrected chi connectivity index (χ3v) is 3.42. The van der Waals surface area contributed by atoms with Gasteiger partial charge in [0.1, 0.15) is 5.75 Å². The van der Waals surface area contributed by atoms with E-state index in [0.717, 1.165) is 22.0 Å². The van der Waals surface area contributed by atoms with E-state index in [9.17, 15) is 4.79 Å². The lowest BCUT2D eigenvalue weighted by molar-refractivity contribution is 0.0997. The molecule has 1 amide bonds. The number of rotatable bonds is 3. The number of benzene rings is 2. The molecule has 3 aromatic rings. The molecule has 4 heteroatoms. The van der Waals surface area contributed by atoms with Gasteiger partial charge in [0.25, 0.3) is 5.91 Å². The number of nitrogens with two attached hydrogens (primary N) is 1. The van der Waals surface area contributed by atoms with Crippen LogP contribution >= 0.6 is 0 Å². The van der Waals surface area contributed by atoms with Gasteiger partial charge >= 0.3 is 0 Å². The molecule has 104 valence electrons. The fraction of sp³-hybridized carbons (Fsp3) is 0.0588. The lowest BCUT2D eigenvalue weighted by Crippen LogP contribution is -2.12. The van der Waals surface area contributed by atoms with Gasteiger partial charge in [0.05, 0.1) is 18.2 Å². The maximum Gasteiger partial charge on any atom is 0.252 e. The molecule has 3 rings (SSSR count). The zero-order valence-electron chi connectivity index (χ0n) is 11.5. The number of amides is 1. The summed E-state index contributed by atoms with van der Waals surface area (Å²) < 4.78 is 5.42. The van der Waals surface area contributed by atoms with Gasteiger partial charge in [0.2, 0.25) is 0 Å². The highest BCUT2D eigenvalue weighted by Gasteiger charge is 2.16. The molecule has 21 heavy (non-hydrogen) atoms. The SMILES string of the molecule is COc1c(C(N)=O)cccc1-c1ccnc2ccccc12. The Morgan fingerprint density at radius 1 is 1.05 bits per heavy atom. The number of para-hydroxylation sites is 2. The van der Waals surface area contributed by atoms with Gasteiger partial charge in [-0.15, -0.1) is 0 Å². The topological polar surface area (TPSA) is 65.2 Å². The predicted molar refractivity (Wildman–Crippen MR) is 82.2 cm³/mol. The number of ether oxygens (including phenoxy) is 1. The number of hydrogen-bond acceptors (Lipinski definition) is 3. The third kappa shape index (κ3) is 2.21. The molecule has 0 aliphatic carbocycles. The Labute approximate surface area is 122 Å². The van der Waals surface area contributed by atoms with Gasteiger partial charge in [-0.3, -0.25) is 9.78 Å². The van der Waals surface area contributed by atoms with E-state index in [0.29, 0.717) is 11.3 Å². The van der Waals surface area contributed by atoms with Crippen molar-refractivity contribution >= 4 is 16.8 Å². The minimum Gasteiger partial charge on any atom is -0.495 e. The lowest BCUT2D eigenvalue weighted by atomic mass is 9.98. The van der Waals surface area contributed by atoms with E-state index < -0.39 is 5.91 Å². The van der Waals surface area contributed by atoms with Crippen LogP contribution in [0.1, 0.15) is 10.4 Å². The fourth-order valence-electron chi connectivity index (χ4n) is 2.49. The van der Waals surface area contributed by atoms with E-state index >= 15 is 0 Å². The van der Waals surface area contributed by atoms with E-state index in [-0.39, 0.29) is 0 Å². The second-order valence-electron chi connectivity index (χ2n) is 4.63. The molecule has 0 saturated carbocycles. The summed E-state index contributed by atoms with van der Waals surface area (Å²) in [5, 5.41) is 1.000. The molecule has 2 N–H and O–H groups in total. The first-order chi connectivity index (χ1) is 10.2. The number of hydrogen-bond donors (Lipinski definition) is 1. The van der Waals surface area contributed by atoms with Crippen molar-refractivity contribution < 1.29 is 9.53 Å². The highest BCUT2D eigenvalue weighted by atomic mass is 16.5. The molecule has 1 heterocycles. The number of methoxy groups -OCH3 is 1. The van der Waals surface area contributed by atoms with Crippen LogP contribution < -0.4 is 10.5 Å². The minimum absolute atomic E-state index is 0.371. The largest absolute Gasteiger partial charge is 0.495 e. The van der Waals surface area contributed by atoms with Crippen molar-refractivity contribution in [1.29, 1.82) is 0 Å². The van der Waals surface area contributed by atoms with Crippen LogP contribution in [0.5, 0.6) is 5.75 Å². The first-order valence-electron chi connectivity index (χ1n) is 6.53. The van der Waals surface area contributed by atoms with Crippen LogP contribution in [0, 0.1) is 0 Å². The fourth-order valence-corrected chi connectivity index (χ4v) is 2.49. The summed E-state index contributed by atoms with van der Waals surface area (Å²) in [7, 11) is 1.54. The van der Waals surface area contributed by atoms with Crippen LogP contribution in [0.3, 0.4) is 0 Å². The molecule has 0 atom stereocenters. The highest BCUT2D eigenvalue weighted by Crippen LogP contribution is 2.36. The summed E-state index contributed by atoms with van der Waals surface area (Å²) in [4.78, 5) is 15.9. The standard InChI is InChI=1S/C17H14N2O2/c1-21-16-13(6-4-7-14(16)17(18)20)11-9-10-19-15-8-3-2-5-12(11)15/h2-10H,1H3,(H2,18,20). The molecular weight excluding hydrogens is 264 g/mol. The molecule has 4 nitrogen and oxygen atoms in total. The average Bonchev–Trinajstić information content (AvgIpc) is 2.53. The quantitative estimate of drug-likeness (QED) is 0.801. The number of carbonyl (C=O) groups is 1. The Hall–Kier alpha value is -2.88. The van der Waals surface area contributed by atoms with Crippen LogP contribution in [0.15, 0.2) is 54.7 Å². The lowest BCUT2D eigenvalue weighted by Gasteiger charge is -2.13. The summed E-state index contributed by atoms with van der Waals surface area (Å²) in [5.74, 6) is -0.0200. The predicted octanol–water partition coefficient (Wildman–Crippen LogP) is 3.01. The molecule has 0 spiro atoms. The van der Waals surface area contributed by atoms with Crippen LogP contribution in [-0.4, -0.2) is 18.0 Å². The van der Waals surface area contributed by atoms with Crippen molar-refractivity contribution in [2.75, 3.05) is 7.11 Å². The summed E-state index contributed by atoms with van der Waals surface area (Å²) >= 11 is 0. The number of nitrogens with zero attached hydrogens (tertiary/aromatic N) is 1. The van der Waals surface area contributed by atoms with Gasteiger partial charge in [-0.2, -0.15) is 0 Å². The zero-order valence-corrected chi connectivity index (χ0v) is 11.5. The summed E-state index contributed by atoms with van der Waals surface area (Å²) in [6.45, 7) is 0. The number of carbonyl (C=O) groups excluding carboxylic acids is 1. The molecule has 1 aromatic heterocycles. The number of pyridine rings is 1. The van der Waals surface area contributed by atoms with Crippen LogP contribution in [0.4, 0.5) is 0 Å². The number of primary amides is 1. The molecule has 0 fully saturated rings. The van der Waals surface area contributed by atoms with Crippen molar-refractivity contribution in [2.45, 2.75) is 0 Å². The Morgan fingerprint density at radius 3 is 2.62 bits per heavy atom. The zero-order chi connectivity index (χ0) is 14.8. The number of fused-ring (bicyclic) bond motifs is 1. The Bertz CT molecular complexity index is 823. The van der Waals surface area contributed by atoms with E-state index in [2.05, 4.69) is 4.98 Å². The second kappa shape index (κ2) is 5.25. The molecule has 0 aliphatic rings. The van der Waals surface area contributed by atoms with Crippen LogP contribution in [0.2, 0.25) is 0 Å². The van der Waals surface area contributed by atoms with Gasteiger partial charge in [-0.25, -0.2) is 0 Å². The Morgan fingerprint density at radius 2 is 1.86 bits per heavy atom. The molecule has 0 bridgehead atoms.